The lowest BCUT2D eigenvalue weighted by atomic mass is 9.92. The summed E-state index contributed by atoms with van der Waals surface area (Å²) in [4.78, 5) is 11.8. The minimum absolute atomic E-state index is 0.0233. The van der Waals surface area contributed by atoms with Gasteiger partial charge in [0.25, 0.3) is 5.91 Å². The summed E-state index contributed by atoms with van der Waals surface area (Å²) in [5, 5.41) is 23.3. The van der Waals surface area contributed by atoms with Gasteiger partial charge in [-0.05, 0) is 12.1 Å². The van der Waals surface area contributed by atoms with Gasteiger partial charge in [-0.15, -0.1) is 0 Å². The number of carbonyl (C=O) groups excluding carboxylic acids is 1. The Hall–Kier alpha value is -2.31. The van der Waals surface area contributed by atoms with Crippen molar-refractivity contribution in [1.82, 2.24) is 5.32 Å². The highest BCUT2D eigenvalue weighted by atomic mass is 19.1. The van der Waals surface area contributed by atoms with Crippen molar-refractivity contribution >= 4 is 11.7 Å². The zero-order chi connectivity index (χ0) is 14.6. The largest absolute Gasteiger partial charge is 0.507 e. The summed E-state index contributed by atoms with van der Waals surface area (Å²) in [5.74, 6) is -2.10. The number of rotatable bonds is 4. The van der Waals surface area contributed by atoms with Crippen LogP contribution in [0.2, 0.25) is 0 Å². The second-order valence-electron chi connectivity index (χ2n) is 4.69. The number of phenolic OH excluding ortho intramolecular Hbond substituents is 1. The Morgan fingerprint density at radius 3 is 2.68 bits per heavy atom. The number of amidine groups is 1. The average molecular weight is 269 g/mol. The van der Waals surface area contributed by atoms with E-state index in [1.807, 2.05) is 0 Å². The Morgan fingerprint density at radius 1 is 1.53 bits per heavy atom. The Labute approximate surface area is 109 Å². The minimum Gasteiger partial charge on any atom is -0.507 e. The number of amides is 1. The molecule has 0 aliphatic carbocycles. The van der Waals surface area contributed by atoms with Crippen molar-refractivity contribution in [3.8, 4) is 5.75 Å². The van der Waals surface area contributed by atoms with Crippen molar-refractivity contribution in [2.75, 3.05) is 6.54 Å². The van der Waals surface area contributed by atoms with Crippen LogP contribution in [0, 0.1) is 11.2 Å². The summed E-state index contributed by atoms with van der Waals surface area (Å²) < 4.78 is 13.4. The zero-order valence-corrected chi connectivity index (χ0v) is 10.6. The number of nitrogens with zero attached hydrogens (tertiary/aromatic N) is 1. The Kier molecular flexibility index (Phi) is 4.31. The van der Waals surface area contributed by atoms with Gasteiger partial charge in [0, 0.05) is 12.0 Å². The van der Waals surface area contributed by atoms with Gasteiger partial charge < -0.3 is 21.4 Å². The summed E-state index contributed by atoms with van der Waals surface area (Å²) in [7, 11) is 0. The fourth-order valence-corrected chi connectivity index (χ4v) is 1.35. The van der Waals surface area contributed by atoms with Gasteiger partial charge in [-0.3, -0.25) is 4.79 Å². The molecule has 6 nitrogen and oxygen atoms in total. The van der Waals surface area contributed by atoms with E-state index < -0.39 is 28.5 Å². The van der Waals surface area contributed by atoms with Crippen LogP contribution in [-0.2, 0) is 0 Å². The summed E-state index contributed by atoms with van der Waals surface area (Å²) in [6.07, 6.45) is 0. The molecule has 0 aliphatic rings. The molecule has 0 aromatic heterocycles. The van der Waals surface area contributed by atoms with Crippen molar-refractivity contribution in [2.45, 2.75) is 13.8 Å². The quantitative estimate of drug-likeness (QED) is 0.283. The number of hydrogen-bond donors (Lipinski definition) is 4. The van der Waals surface area contributed by atoms with Crippen molar-refractivity contribution in [3.05, 3.63) is 29.6 Å². The van der Waals surface area contributed by atoms with E-state index >= 15 is 0 Å². The minimum atomic E-state index is -0.820. The molecule has 5 N–H and O–H groups in total. The standard InChI is InChI=1S/C12H16FN3O3/c1-12(2,11(14)16-19)6-15-10(18)9-7(13)4-3-5-8(9)17/h3-5,17,19H,6H2,1-2H3,(H2,14,16)(H,15,18). The van der Waals surface area contributed by atoms with E-state index in [4.69, 9.17) is 10.9 Å². The third-order valence-corrected chi connectivity index (χ3v) is 2.71. The topological polar surface area (TPSA) is 108 Å². The highest BCUT2D eigenvalue weighted by Gasteiger charge is 2.26. The third kappa shape index (κ3) is 3.34. The van der Waals surface area contributed by atoms with Crippen molar-refractivity contribution in [3.63, 3.8) is 0 Å². The molecule has 0 fully saturated rings. The first-order valence-corrected chi connectivity index (χ1v) is 5.53. The SMILES string of the molecule is CC(C)(CNC(=O)c1c(O)cccc1F)/C(N)=N/O. The lowest BCUT2D eigenvalue weighted by molar-refractivity contribution is 0.0937. The number of oxime groups is 1. The third-order valence-electron chi connectivity index (χ3n) is 2.71. The average Bonchev–Trinajstić information content (AvgIpc) is 2.35. The zero-order valence-electron chi connectivity index (χ0n) is 10.6. The molecule has 0 unspecified atom stereocenters. The number of hydrogen-bond acceptors (Lipinski definition) is 4. The molecule has 104 valence electrons. The van der Waals surface area contributed by atoms with Crippen LogP contribution in [0.15, 0.2) is 23.4 Å². The molecular weight excluding hydrogens is 253 g/mol. The maximum atomic E-state index is 13.4. The molecule has 1 amide bonds. The molecule has 0 saturated heterocycles. The molecule has 1 aromatic carbocycles. The van der Waals surface area contributed by atoms with Gasteiger partial charge in [0.15, 0.2) is 0 Å². The highest BCUT2D eigenvalue weighted by Crippen LogP contribution is 2.20. The van der Waals surface area contributed by atoms with Crippen LogP contribution < -0.4 is 11.1 Å². The van der Waals surface area contributed by atoms with Gasteiger partial charge in [0.1, 0.15) is 23.0 Å². The molecule has 0 aliphatic heterocycles. The van der Waals surface area contributed by atoms with E-state index in [0.29, 0.717) is 0 Å². The molecule has 0 saturated carbocycles. The molecule has 19 heavy (non-hydrogen) atoms. The number of benzene rings is 1. The van der Waals surface area contributed by atoms with E-state index in [1.165, 1.54) is 12.1 Å². The monoisotopic (exact) mass is 269 g/mol. The predicted octanol–water partition coefficient (Wildman–Crippen LogP) is 1.03. The molecule has 0 heterocycles. The number of aromatic hydroxyl groups is 1. The number of carbonyl (C=O) groups is 1. The van der Waals surface area contributed by atoms with E-state index in [9.17, 15) is 14.3 Å². The smallest absolute Gasteiger partial charge is 0.258 e. The lowest BCUT2D eigenvalue weighted by Crippen LogP contribution is -2.42. The van der Waals surface area contributed by atoms with Crippen LogP contribution in [0.25, 0.3) is 0 Å². The molecule has 7 heteroatoms. The van der Waals surface area contributed by atoms with Crippen LogP contribution >= 0.6 is 0 Å². The molecule has 1 aromatic rings. The molecule has 0 atom stereocenters. The summed E-state index contributed by atoms with van der Waals surface area (Å²) in [5.41, 5.74) is 4.23. The second-order valence-corrected chi connectivity index (χ2v) is 4.69. The Balaban J connectivity index is 2.82. The van der Waals surface area contributed by atoms with Crippen molar-refractivity contribution in [2.24, 2.45) is 16.3 Å². The first-order chi connectivity index (χ1) is 8.79. The van der Waals surface area contributed by atoms with Crippen LogP contribution in [0.1, 0.15) is 24.2 Å². The molecule has 0 radical (unpaired) electrons. The first kappa shape index (κ1) is 14.7. The van der Waals surface area contributed by atoms with Gasteiger partial charge in [-0.2, -0.15) is 0 Å². The number of nitrogens with two attached hydrogens (primary N) is 1. The maximum Gasteiger partial charge on any atom is 0.258 e. The van der Waals surface area contributed by atoms with Crippen LogP contribution in [0.3, 0.4) is 0 Å². The normalized spacial score (nSPS) is 12.3. The van der Waals surface area contributed by atoms with Gasteiger partial charge in [-0.25, -0.2) is 4.39 Å². The molecule has 0 bridgehead atoms. The molecule has 0 spiro atoms. The predicted molar refractivity (Wildman–Crippen MR) is 67.6 cm³/mol. The van der Waals surface area contributed by atoms with E-state index in [0.717, 1.165) is 6.07 Å². The fourth-order valence-electron chi connectivity index (χ4n) is 1.35. The maximum absolute atomic E-state index is 13.4. The van der Waals surface area contributed by atoms with Crippen LogP contribution in [0.5, 0.6) is 5.75 Å². The molecule has 1 rings (SSSR count). The second kappa shape index (κ2) is 5.55. The summed E-state index contributed by atoms with van der Waals surface area (Å²) in [6.45, 7) is 3.31. The Morgan fingerprint density at radius 2 is 2.16 bits per heavy atom. The van der Waals surface area contributed by atoms with E-state index in [1.54, 1.807) is 13.8 Å². The Bertz CT molecular complexity index is 495. The number of phenols is 1. The van der Waals surface area contributed by atoms with Crippen molar-refractivity contribution < 1.29 is 19.5 Å². The summed E-state index contributed by atoms with van der Waals surface area (Å²) >= 11 is 0. The summed E-state index contributed by atoms with van der Waals surface area (Å²) in [6, 6.07) is 3.58. The van der Waals surface area contributed by atoms with Crippen LogP contribution in [0.4, 0.5) is 4.39 Å². The van der Waals surface area contributed by atoms with E-state index in [-0.39, 0.29) is 12.4 Å². The van der Waals surface area contributed by atoms with Gasteiger partial charge >= 0.3 is 0 Å². The van der Waals surface area contributed by atoms with Crippen LogP contribution in [-0.4, -0.2) is 28.6 Å². The van der Waals surface area contributed by atoms with Gasteiger partial charge in [0.05, 0.1) is 0 Å². The number of nitrogens with one attached hydrogen (secondary N) is 1. The lowest BCUT2D eigenvalue weighted by Gasteiger charge is -2.23. The first-order valence-electron chi connectivity index (χ1n) is 5.53. The number of halogens is 1. The van der Waals surface area contributed by atoms with E-state index in [2.05, 4.69) is 10.5 Å². The van der Waals surface area contributed by atoms with Gasteiger partial charge in [-0.1, -0.05) is 25.1 Å². The van der Waals surface area contributed by atoms with Crippen molar-refractivity contribution in [1.29, 1.82) is 0 Å². The molecular formula is C12H16FN3O3. The fraction of sp³-hybridized carbons (Fsp3) is 0.333. The van der Waals surface area contributed by atoms with Gasteiger partial charge in [0.2, 0.25) is 0 Å². The highest BCUT2D eigenvalue weighted by molar-refractivity contribution is 5.97.